The first-order chi connectivity index (χ1) is 7.43. The summed E-state index contributed by atoms with van der Waals surface area (Å²) in [6, 6.07) is -0.722. The number of carboxylic acid groups (broad SMARTS) is 1. The zero-order valence-electron chi connectivity index (χ0n) is 10.3. The van der Waals surface area contributed by atoms with Crippen molar-refractivity contribution in [3.05, 3.63) is 0 Å². The molecule has 0 radical (unpaired) electrons. The van der Waals surface area contributed by atoms with Crippen molar-refractivity contribution in [2.45, 2.75) is 39.2 Å². The van der Waals surface area contributed by atoms with Gasteiger partial charge in [0.15, 0.2) is 0 Å². The van der Waals surface area contributed by atoms with Crippen LogP contribution in [0.1, 0.15) is 33.1 Å². The number of nitrogens with zero attached hydrogens (tertiary/aromatic N) is 1. The highest BCUT2D eigenvalue weighted by Crippen LogP contribution is 2.09. The van der Waals surface area contributed by atoms with Gasteiger partial charge in [0.25, 0.3) is 0 Å². The molecule has 0 aromatic rings. The molecule has 0 bridgehead atoms. The summed E-state index contributed by atoms with van der Waals surface area (Å²) >= 11 is 0. The van der Waals surface area contributed by atoms with E-state index in [9.17, 15) is 9.59 Å². The number of likely N-dealkylation sites (N-methyl/N-ethyl adjacent to an activating group) is 1. The maximum atomic E-state index is 11.7. The quantitative estimate of drug-likeness (QED) is 0.673. The molecule has 0 aliphatic heterocycles. The van der Waals surface area contributed by atoms with Crippen LogP contribution in [0.2, 0.25) is 0 Å². The van der Waals surface area contributed by atoms with Gasteiger partial charge in [-0.25, -0.2) is 4.79 Å². The minimum atomic E-state index is -0.953. The van der Waals surface area contributed by atoms with Crippen molar-refractivity contribution in [2.24, 2.45) is 11.7 Å². The highest BCUT2D eigenvalue weighted by atomic mass is 16.4. The van der Waals surface area contributed by atoms with E-state index in [1.807, 2.05) is 6.92 Å². The largest absolute Gasteiger partial charge is 0.480 e. The van der Waals surface area contributed by atoms with Gasteiger partial charge in [-0.2, -0.15) is 0 Å². The molecule has 0 aromatic carbocycles. The van der Waals surface area contributed by atoms with Gasteiger partial charge in [0.1, 0.15) is 6.04 Å². The summed E-state index contributed by atoms with van der Waals surface area (Å²) < 4.78 is 0. The lowest BCUT2D eigenvalue weighted by Gasteiger charge is -2.24. The summed E-state index contributed by atoms with van der Waals surface area (Å²) in [5, 5.41) is 8.90. The summed E-state index contributed by atoms with van der Waals surface area (Å²) in [5.41, 5.74) is 5.45. The van der Waals surface area contributed by atoms with Gasteiger partial charge in [-0.1, -0.05) is 13.8 Å². The number of hydrogen-bond donors (Lipinski definition) is 2. The van der Waals surface area contributed by atoms with Crippen LogP contribution in [0.5, 0.6) is 0 Å². The van der Waals surface area contributed by atoms with Gasteiger partial charge >= 0.3 is 5.97 Å². The van der Waals surface area contributed by atoms with Crippen molar-refractivity contribution in [1.82, 2.24) is 4.90 Å². The first kappa shape index (κ1) is 14.9. The second-order valence-corrected chi connectivity index (χ2v) is 4.15. The van der Waals surface area contributed by atoms with Crippen LogP contribution in [-0.4, -0.2) is 41.5 Å². The Bertz CT molecular complexity index is 243. The third kappa shape index (κ3) is 4.61. The monoisotopic (exact) mass is 230 g/mol. The Hall–Kier alpha value is -1.10. The molecule has 2 atom stereocenters. The Morgan fingerprint density at radius 2 is 2.00 bits per heavy atom. The zero-order valence-corrected chi connectivity index (χ0v) is 10.3. The number of aliphatic carboxylic acids is 1. The van der Waals surface area contributed by atoms with E-state index in [-0.39, 0.29) is 5.91 Å². The minimum Gasteiger partial charge on any atom is -0.480 e. The van der Waals surface area contributed by atoms with Crippen LogP contribution in [0, 0.1) is 5.92 Å². The van der Waals surface area contributed by atoms with E-state index >= 15 is 0 Å². The molecule has 1 amide bonds. The van der Waals surface area contributed by atoms with Crippen LogP contribution < -0.4 is 5.73 Å². The van der Waals surface area contributed by atoms with E-state index in [1.165, 1.54) is 11.9 Å². The highest BCUT2D eigenvalue weighted by molar-refractivity contribution is 5.83. The van der Waals surface area contributed by atoms with Crippen molar-refractivity contribution in [3.8, 4) is 0 Å². The lowest BCUT2D eigenvalue weighted by atomic mass is 10.1. The van der Waals surface area contributed by atoms with Gasteiger partial charge in [0, 0.05) is 13.5 Å². The van der Waals surface area contributed by atoms with Crippen LogP contribution in [-0.2, 0) is 9.59 Å². The number of amides is 1. The second-order valence-electron chi connectivity index (χ2n) is 4.15. The molecular weight excluding hydrogens is 208 g/mol. The van der Waals surface area contributed by atoms with Crippen LogP contribution in [0.3, 0.4) is 0 Å². The molecule has 5 heteroatoms. The minimum absolute atomic E-state index is 0.130. The molecule has 0 heterocycles. The van der Waals surface area contributed by atoms with Crippen molar-refractivity contribution in [2.75, 3.05) is 13.6 Å². The van der Waals surface area contributed by atoms with Crippen LogP contribution in [0.4, 0.5) is 0 Å². The van der Waals surface area contributed by atoms with Crippen molar-refractivity contribution < 1.29 is 14.7 Å². The highest BCUT2D eigenvalue weighted by Gasteiger charge is 2.24. The average Bonchev–Trinajstić information content (AvgIpc) is 2.25. The summed E-state index contributed by atoms with van der Waals surface area (Å²) in [6.07, 6.45) is 1.48. The summed E-state index contributed by atoms with van der Waals surface area (Å²) in [5.74, 6) is -0.790. The van der Waals surface area contributed by atoms with Crippen molar-refractivity contribution in [1.29, 1.82) is 0 Å². The maximum Gasteiger partial charge on any atom is 0.326 e. The van der Waals surface area contributed by atoms with Gasteiger partial charge in [0.2, 0.25) is 5.91 Å². The van der Waals surface area contributed by atoms with Crippen molar-refractivity contribution >= 4 is 11.9 Å². The summed E-state index contributed by atoms with van der Waals surface area (Å²) in [6.45, 7) is 4.28. The molecule has 0 aliphatic rings. The predicted molar refractivity (Wildman–Crippen MR) is 61.9 cm³/mol. The number of carbonyl (C=O) groups is 2. The van der Waals surface area contributed by atoms with Gasteiger partial charge in [-0.15, -0.1) is 0 Å². The van der Waals surface area contributed by atoms with Gasteiger partial charge in [0.05, 0.1) is 0 Å². The maximum absolute atomic E-state index is 11.7. The van der Waals surface area contributed by atoms with Crippen molar-refractivity contribution in [3.63, 3.8) is 0 Å². The van der Waals surface area contributed by atoms with Gasteiger partial charge < -0.3 is 15.7 Å². The number of nitrogens with two attached hydrogens (primary N) is 1. The van der Waals surface area contributed by atoms with Gasteiger partial charge in [-0.05, 0) is 25.3 Å². The molecule has 5 nitrogen and oxygen atoms in total. The Kier molecular flexibility index (Phi) is 6.72. The number of carboxylic acids is 1. The molecular formula is C11H22N2O3. The lowest BCUT2D eigenvalue weighted by molar-refractivity contribution is -0.149. The first-order valence-electron chi connectivity index (χ1n) is 5.62. The average molecular weight is 230 g/mol. The molecule has 16 heavy (non-hydrogen) atoms. The zero-order chi connectivity index (χ0) is 12.7. The van der Waals surface area contributed by atoms with E-state index in [1.54, 1.807) is 6.92 Å². The normalized spacial score (nSPS) is 14.2. The Balaban J connectivity index is 4.21. The third-order valence-corrected chi connectivity index (χ3v) is 2.79. The molecule has 0 spiro atoms. The Morgan fingerprint density at radius 3 is 2.38 bits per heavy atom. The van der Waals surface area contributed by atoms with E-state index in [4.69, 9.17) is 10.8 Å². The standard InChI is InChI=1S/C11H22N2O3/c1-4-9(11(15)16)13(3)10(14)6-5-8(2)7-12/h8-9H,4-7,12H2,1-3H3,(H,15,16). The molecule has 94 valence electrons. The van der Waals surface area contributed by atoms with E-state index in [2.05, 4.69) is 0 Å². The Morgan fingerprint density at radius 1 is 1.44 bits per heavy atom. The molecule has 0 saturated heterocycles. The lowest BCUT2D eigenvalue weighted by Crippen LogP contribution is -2.42. The topological polar surface area (TPSA) is 83.6 Å². The summed E-state index contributed by atoms with van der Waals surface area (Å²) in [4.78, 5) is 23.9. The molecule has 3 N–H and O–H groups in total. The molecule has 2 unspecified atom stereocenters. The fourth-order valence-corrected chi connectivity index (χ4v) is 1.45. The molecule has 0 fully saturated rings. The van der Waals surface area contributed by atoms with Crippen LogP contribution >= 0.6 is 0 Å². The number of carbonyl (C=O) groups excluding carboxylic acids is 1. The number of hydrogen-bond acceptors (Lipinski definition) is 3. The van der Waals surface area contributed by atoms with E-state index in [0.717, 1.165) is 0 Å². The van der Waals surface area contributed by atoms with Gasteiger partial charge in [-0.3, -0.25) is 4.79 Å². The molecule has 0 aromatic heterocycles. The molecule has 0 aliphatic carbocycles. The number of rotatable bonds is 7. The predicted octanol–water partition coefficient (Wildman–Crippen LogP) is 0.683. The smallest absolute Gasteiger partial charge is 0.326 e. The van der Waals surface area contributed by atoms with E-state index < -0.39 is 12.0 Å². The second kappa shape index (κ2) is 7.22. The fraction of sp³-hybridized carbons (Fsp3) is 0.818. The Labute approximate surface area is 96.6 Å². The molecule has 0 saturated carbocycles. The van der Waals surface area contributed by atoms with Crippen LogP contribution in [0.15, 0.2) is 0 Å². The summed E-state index contributed by atoms with van der Waals surface area (Å²) in [7, 11) is 1.54. The fourth-order valence-electron chi connectivity index (χ4n) is 1.45. The molecule has 0 rings (SSSR count). The van der Waals surface area contributed by atoms with E-state index in [0.29, 0.717) is 31.7 Å². The third-order valence-electron chi connectivity index (χ3n) is 2.79. The van der Waals surface area contributed by atoms with Crippen LogP contribution in [0.25, 0.3) is 0 Å². The first-order valence-corrected chi connectivity index (χ1v) is 5.62. The SMILES string of the molecule is CCC(C(=O)O)N(C)C(=O)CCC(C)CN.